The summed E-state index contributed by atoms with van der Waals surface area (Å²) in [4.78, 5) is 4.25. The van der Waals surface area contributed by atoms with Gasteiger partial charge in [-0.05, 0) is 23.8 Å². The first-order chi connectivity index (χ1) is 12.0. The van der Waals surface area contributed by atoms with Crippen LogP contribution in [0.2, 0.25) is 0 Å². The SMILES string of the molecule is CN=C(NCc1ccccc1OC)NCC(C)(C)c1cccc(F)c1.I. The number of guanidine groups is 1. The fourth-order valence-electron chi connectivity index (χ4n) is 2.56. The number of rotatable bonds is 6. The summed E-state index contributed by atoms with van der Waals surface area (Å²) in [5.74, 6) is 1.31. The number of hydrogen-bond acceptors (Lipinski definition) is 2. The lowest BCUT2D eigenvalue weighted by atomic mass is 9.84. The molecule has 0 saturated carbocycles. The minimum Gasteiger partial charge on any atom is -0.496 e. The highest BCUT2D eigenvalue weighted by Crippen LogP contribution is 2.23. The molecule has 0 atom stereocenters. The second-order valence-corrected chi connectivity index (χ2v) is 6.49. The molecule has 2 aromatic rings. The zero-order valence-electron chi connectivity index (χ0n) is 15.7. The van der Waals surface area contributed by atoms with Crippen LogP contribution in [0.25, 0.3) is 0 Å². The number of para-hydroxylation sites is 1. The first kappa shape index (κ1) is 22.2. The lowest BCUT2D eigenvalue weighted by Crippen LogP contribution is -2.43. The van der Waals surface area contributed by atoms with Gasteiger partial charge >= 0.3 is 0 Å². The first-order valence-corrected chi connectivity index (χ1v) is 8.29. The Hall–Kier alpha value is -1.83. The largest absolute Gasteiger partial charge is 0.496 e. The van der Waals surface area contributed by atoms with E-state index in [-0.39, 0.29) is 35.2 Å². The molecule has 4 nitrogen and oxygen atoms in total. The van der Waals surface area contributed by atoms with Crippen molar-refractivity contribution in [2.24, 2.45) is 4.99 Å². The van der Waals surface area contributed by atoms with Crippen LogP contribution in [0.1, 0.15) is 25.0 Å². The molecule has 0 amide bonds. The number of hydrogen-bond donors (Lipinski definition) is 2. The topological polar surface area (TPSA) is 45.7 Å². The molecule has 2 rings (SSSR count). The highest BCUT2D eigenvalue weighted by atomic mass is 127. The highest BCUT2D eigenvalue weighted by molar-refractivity contribution is 14.0. The van der Waals surface area contributed by atoms with Crippen LogP contribution in [0.5, 0.6) is 5.75 Å². The lowest BCUT2D eigenvalue weighted by Gasteiger charge is -2.27. The summed E-state index contributed by atoms with van der Waals surface area (Å²) in [5, 5.41) is 6.59. The molecule has 0 aliphatic carbocycles. The van der Waals surface area contributed by atoms with E-state index in [9.17, 15) is 4.39 Å². The number of ether oxygens (including phenoxy) is 1. The number of nitrogens with zero attached hydrogens (tertiary/aromatic N) is 1. The Balaban J connectivity index is 0.00000338. The van der Waals surface area contributed by atoms with E-state index in [0.29, 0.717) is 19.0 Å². The van der Waals surface area contributed by atoms with Gasteiger partial charge in [-0.3, -0.25) is 4.99 Å². The minimum absolute atomic E-state index is 0. The van der Waals surface area contributed by atoms with Crippen LogP contribution in [0, 0.1) is 5.82 Å². The van der Waals surface area contributed by atoms with Crippen molar-refractivity contribution >= 4 is 29.9 Å². The average Bonchev–Trinajstić information content (AvgIpc) is 2.62. The normalized spacial score (nSPS) is 11.5. The van der Waals surface area contributed by atoms with Gasteiger partial charge in [-0.2, -0.15) is 0 Å². The maximum Gasteiger partial charge on any atom is 0.191 e. The van der Waals surface area contributed by atoms with Crippen molar-refractivity contribution in [3.8, 4) is 5.75 Å². The molecule has 6 heteroatoms. The van der Waals surface area contributed by atoms with Crippen molar-refractivity contribution < 1.29 is 9.13 Å². The molecule has 26 heavy (non-hydrogen) atoms. The smallest absolute Gasteiger partial charge is 0.191 e. The Morgan fingerprint density at radius 3 is 2.50 bits per heavy atom. The maximum absolute atomic E-state index is 13.5. The van der Waals surface area contributed by atoms with Crippen molar-refractivity contribution in [2.45, 2.75) is 25.8 Å². The summed E-state index contributed by atoms with van der Waals surface area (Å²) in [6.45, 7) is 5.37. The fourth-order valence-corrected chi connectivity index (χ4v) is 2.56. The second kappa shape index (κ2) is 10.4. The van der Waals surface area contributed by atoms with Gasteiger partial charge in [0, 0.05) is 31.1 Å². The standard InChI is InChI=1S/C20H26FN3O.HI/c1-20(2,16-9-7-10-17(21)12-16)14-24-19(22-3)23-13-15-8-5-6-11-18(15)25-4;/h5-12H,13-14H2,1-4H3,(H2,22,23,24);1H. The van der Waals surface area contributed by atoms with Crippen molar-refractivity contribution in [3.05, 3.63) is 65.5 Å². The molecule has 2 N–H and O–H groups in total. The van der Waals surface area contributed by atoms with Gasteiger partial charge in [0.2, 0.25) is 0 Å². The predicted octanol–water partition coefficient (Wildman–Crippen LogP) is 4.10. The molecule has 0 unspecified atom stereocenters. The second-order valence-electron chi connectivity index (χ2n) is 6.49. The Morgan fingerprint density at radius 1 is 1.12 bits per heavy atom. The van der Waals surface area contributed by atoms with Gasteiger partial charge in [0.15, 0.2) is 5.96 Å². The average molecular weight is 471 g/mol. The molecular formula is C20H27FIN3O. The van der Waals surface area contributed by atoms with Crippen LogP contribution >= 0.6 is 24.0 Å². The molecule has 0 aliphatic rings. The molecular weight excluding hydrogens is 444 g/mol. The quantitative estimate of drug-likeness (QED) is 0.379. The molecule has 0 aromatic heterocycles. The van der Waals surface area contributed by atoms with Gasteiger partial charge in [0.05, 0.1) is 7.11 Å². The van der Waals surface area contributed by atoms with E-state index in [1.807, 2.05) is 30.3 Å². The van der Waals surface area contributed by atoms with Crippen molar-refractivity contribution in [1.82, 2.24) is 10.6 Å². The van der Waals surface area contributed by atoms with Gasteiger partial charge in [0.25, 0.3) is 0 Å². The minimum atomic E-state index is -0.232. The van der Waals surface area contributed by atoms with Crippen LogP contribution in [-0.2, 0) is 12.0 Å². The zero-order chi connectivity index (χ0) is 18.3. The van der Waals surface area contributed by atoms with Gasteiger partial charge in [-0.15, -0.1) is 24.0 Å². The van der Waals surface area contributed by atoms with Crippen LogP contribution in [0.4, 0.5) is 4.39 Å². The third-order valence-corrected chi connectivity index (χ3v) is 4.17. The molecule has 0 spiro atoms. The summed E-state index contributed by atoms with van der Waals surface area (Å²) in [6, 6.07) is 14.6. The van der Waals surface area contributed by atoms with Crippen molar-refractivity contribution in [1.29, 1.82) is 0 Å². The van der Waals surface area contributed by atoms with Crippen molar-refractivity contribution in [2.75, 3.05) is 20.7 Å². The summed E-state index contributed by atoms with van der Waals surface area (Å²) < 4.78 is 18.8. The number of benzene rings is 2. The monoisotopic (exact) mass is 471 g/mol. The molecule has 0 bridgehead atoms. The van der Waals surface area contributed by atoms with Crippen LogP contribution in [0.15, 0.2) is 53.5 Å². The van der Waals surface area contributed by atoms with Gasteiger partial charge in [-0.1, -0.05) is 44.2 Å². The Morgan fingerprint density at radius 2 is 1.85 bits per heavy atom. The van der Waals surface area contributed by atoms with Gasteiger partial charge < -0.3 is 15.4 Å². The summed E-state index contributed by atoms with van der Waals surface area (Å²) in [6.07, 6.45) is 0. The van der Waals surface area contributed by atoms with E-state index < -0.39 is 0 Å². The number of methoxy groups -OCH3 is 1. The Labute approximate surface area is 172 Å². The number of nitrogens with one attached hydrogen (secondary N) is 2. The van der Waals surface area contributed by atoms with E-state index in [4.69, 9.17) is 4.74 Å². The number of aliphatic imine (C=N–C) groups is 1. The van der Waals surface area contributed by atoms with Crippen LogP contribution in [-0.4, -0.2) is 26.7 Å². The van der Waals surface area contributed by atoms with E-state index in [0.717, 1.165) is 16.9 Å². The zero-order valence-corrected chi connectivity index (χ0v) is 18.0. The predicted molar refractivity (Wildman–Crippen MR) is 116 cm³/mol. The van der Waals surface area contributed by atoms with Crippen LogP contribution < -0.4 is 15.4 Å². The summed E-state index contributed by atoms with van der Waals surface area (Å²) in [7, 11) is 3.39. The molecule has 142 valence electrons. The van der Waals surface area contributed by atoms with E-state index in [1.54, 1.807) is 26.3 Å². The maximum atomic E-state index is 13.5. The third kappa shape index (κ3) is 6.16. The van der Waals surface area contributed by atoms with Crippen LogP contribution in [0.3, 0.4) is 0 Å². The van der Waals surface area contributed by atoms with E-state index in [2.05, 4.69) is 29.5 Å². The highest BCUT2D eigenvalue weighted by Gasteiger charge is 2.21. The summed E-state index contributed by atoms with van der Waals surface area (Å²) >= 11 is 0. The number of halogens is 2. The van der Waals surface area contributed by atoms with Gasteiger partial charge in [0.1, 0.15) is 11.6 Å². The van der Waals surface area contributed by atoms with E-state index in [1.165, 1.54) is 6.07 Å². The lowest BCUT2D eigenvalue weighted by molar-refractivity contribution is 0.409. The molecule has 0 radical (unpaired) electrons. The molecule has 2 aromatic carbocycles. The first-order valence-electron chi connectivity index (χ1n) is 8.29. The molecule has 0 heterocycles. The fraction of sp³-hybridized carbons (Fsp3) is 0.350. The summed E-state index contributed by atoms with van der Waals surface area (Å²) in [5.41, 5.74) is 1.77. The third-order valence-electron chi connectivity index (χ3n) is 4.17. The molecule has 0 saturated heterocycles. The molecule has 0 aliphatic heterocycles. The Bertz CT molecular complexity index is 735. The van der Waals surface area contributed by atoms with Gasteiger partial charge in [-0.25, -0.2) is 4.39 Å². The van der Waals surface area contributed by atoms with Crippen molar-refractivity contribution in [3.63, 3.8) is 0 Å². The van der Waals surface area contributed by atoms with E-state index >= 15 is 0 Å². The molecule has 0 fully saturated rings. The Kier molecular flexibility index (Phi) is 8.84.